The lowest BCUT2D eigenvalue weighted by Crippen LogP contribution is -2.37. The van der Waals surface area contributed by atoms with Crippen LogP contribution in [-0.2, 0) is 10.0 Å². The van der Waals surface area contributed by atoms with Crippen LogP contribution >= 0.6 is 0 Å². The van der Waals surface area contributed by atoms with Crippen LogP contribution in [0.5, 0.6) is 0 Å². The van der Waals surface area contributed by atoms with Gasteiger partial charge in [0.05, 0.1) is 4.90 Å². The average molecular weight is 365 g/mol. The van der Waals surface area contributed by atoms with Crippen LogP contribution in [0, 0.1) is 12.8 Å². The first-order valence-electron chi connectivity index (χ1n) is 9.09. The highest BCUT2D eigenvalue weighted by Crippen LogP contribution is 2.42. The number of aryl methyl sites for hydroxylation is 1. The molecule has 4 heteroatoms. The van der Waals surface area contributed by atoms with E-state index in [2.05, 4.69) is 24.3 Å². The van der Waals surface area contributed by atoms with E-state index >= 15 is 0 Å². The number of allylic oxidation sites excluding steroid dienone is 2. The lowest BCUT2D eigenvalue weighted by atomic mass is 9.95. The summed E-state index contributed by atoms with van der Waals surface area (Å²) in [6.45, 7) is 1.96. The molecule has 0 spiro atoms. The molecule has 0 aromatic heterocycles. The summed E-state index contributed by atoms with van der Waals surface area (Å²) in [5.41, 5.74) is 3.30. The molecule has 3 nitrogen and oxygen atoms in total. The molecule has 0 unspecified atom stereocenters. The molecule has 2 atom stereocenters. The van der Waals surface area contributed by atoms with E-state index in [1.807, 2.05) is 43.5 Å². The van der Waals surface area contributed by atoms with Crippen molar-refractivity contribution in [3.8, 4) is 0 Å². The molecule has 1 aliphatic heterocycles. The maximum absolute atomic E-state index is 13.2. The number of hydrogen-bond donors (Lipinski definition) is 0. The second-order valence-corrected chi connectivity index (χ2v) is 9.03. The first kappa shape index (κ1) is 17.1. The molecule has 134 valence electrons. The van der Waals surface area contributed by atoms with Gasteiger partial charge in [-0.3, -0.25) is 4.31 Å². The van der Waals surface area contributed by atoms with E-state index in [0.29, 0.717) is 10.8 Å². The van der Waals surface area contributed by atoms with E-state index in [0.717, 1.165) is 36.0 Å². The standard InChI is InChI=1S/C22H23NO2S/c1-17-7-13-22(14-8-17)26(24,25)23-16-20(19-11-12-21(23)15-19)10-9-18-5-3-2-4-6-18/h2-10,13-14,16,19,21H,11-12,15H2,1H3/b10-9+/t19-,21+/m0/s1. The minimum atomic E-state index is -3.51. The zero-order valence-corrected chi connectivity index (χ0v) is 15.7. The van der Waals surface area contributed by atoms with Crippen molar-refractivity contribution in [2.24, 2.45) is 5.92 Å². The van der Waals surface area contributed by atoms with Gasteiger partial charge >= 0.3 is 0 Å². The quantitative estimate of drug-likeness (QED) is 0.783. The SMILES string of the molecule is Cc1ccc(S(=O)(=O)N2C=C(/C=C/c3ccccc3)[C@H]3CC[C@@H]2C3)cc1. The Morgan fingerprint density at radius 2 is 1.69 bits per heavy atom. The van der Waals surface area contributed by atoms with Crippen LogP contribution in [0.3, 0.4) is 0 Å². The van der Waals surface area contributed by atoms with Gasteiger partial charge < -0.3 is 0 Å². The second-order valence-electron chi connectivity index (χ2n) is 7.18. The molecular formula is C22H23NO2S. The molecule has 2 aliphatic rings. The first-order valence-corrected chi connectivity index (χ1v) is 10.5. The monoisotopic (exact) mass is 365 g/mol. The molecular weight excluding hydrogens is 342 g/mol. The molecule has 1 fully saturated rings. The van der Waals surface area contributed by atoms with E-state index in [1.54, 1.807) is 16.4 Å². The molecule has 0 N–H and O–H groups in total. The van der Waals surface area contributed by atoms with Crippen molar-refractivity contribution in [3.05, 3.63) is 83.6 Å². The number of sulfonamides is 1. The molecule has 1 heterocycles. The van der Waals surface area contributed by atoms with Gasteiger partial charge in [0.1, 0.15) is 0 Å². The van der Waals surface area contributed by atoms with Crippen LogP contribution in [0.4, 0.5) is 0 Å². The zero-order valence-electron chi connectivity index (χ0n) is 14.9. The summed E-state index contributed by atoms with van der Waals surface area (Å²) in [5.74, 6) is 0.462. The molecule has 2 bridgehead atoms. The Morgan fingerprint density at radius 3 is 2.42 bits per heavy atom. The highest BCUT2D eigenvalue weighted by atomic mass is 32.2. The first-order chi connectivity index (χ1) is 12.5. The number of nitrogens with zero attached hydrogens (tertiary/aromatic N) is 1. The molecule has 2 aromatic carbocycles. The summed E-state index contributed by atoms with van der Waals surface area (Å²) in [4.78, 5) is 0.371. The van der Waals surface area contributed by atoms with Gasteiger partial charge in [-0.25, -0.2) is 8.42 Å². The average Bonchev–Trinajstić information content (AvgIpc) is 3.06. The Labute approximate surface area is 155 Å². The highest BCUT2D eigenvalue weighted by Gasteiger charge is 2.39. The molecule has 26 heavy (non-hydrogen) atoms. The van der Waals surface area contributed by atoms with Crippen LogP contribution in [-0.4, -0.2) is 18.8 Å². The molecule has 0 amide bonds. The van der Waals surface area contributed by atoms with Gasteiger partial charge in [-0.05, 0) is 55.4 Å². The molecule has 2 aromatic rings. The van der Waals surface area contributed by atoms with Gasteiger partial charge in [-0.2, -0.15) is 0 Å². The zero-order chi connectivity index (χ0) is 18.1. The third-order valence-corrected chi connectivity index (χ3v) is 7.20. The van der Waals surface area contributed by atoms with Crippen molar-refractivity contribution in [3.63, 3.8) is 0 Å². The van der Waals surface area contributed by atoms with E-state index in [9.17, 15) is 8.42 Å². The van der Waals surface area contributed by atoms with Crippen LogP contribution in [0.15, 0.2) is 77.3 Å². The summed E-state index contributed by atoms with van der Waals surface area (Å²) >= 11 is 0. The van der Waals surface area contributed by atoms with Crippen molar-refractivity contribution >= 4 is 16.1 Å². The second kappa shape index (κ2) is 6.76. The minimum absolute atomic E-state index is 0.0835. The van der Waals surface area contributed by atoms with Crippen molar-refractivity contribution in [1.29, 1.82) is 0 Å². The fraction of sp³-hybridized carbons (Fsp3) is 0.273. The maximum Gasteiger partial charge on any atom is 0.264 e. The lowest BCUT2D eigenvalue weighted by molar-refractivity contribution is 0.377. The number of hydrogen-bond acceptors (Lipinski definition) is 2. The van der Waals surface area contributed by atoms with Gasteiger partial charge in [-0.1, -0.05) is 60.2 Å². The summed E-state index contributed by atoms with van der Waals surface area (Å²) in [6.07, 6.45) is 8.90. The van der Waals surface area contributed by atoms with Crippen molar-refractivity contribution in [1.82, 2.24) is 4.31 Å². The summed E-state index contributed by atoms with van der Waals surface area (Å²) in [6, 6.07) is 17.3. The molecule has 1 aliphatic carbocycles. The Kier molecular flexibility index (Phi) is 4.45. The fourth-order valence-electron chi connectivity index (χ4n) is 3.88. The van der Waals surface area contributed by atoms with Gasteiger partial charge in [-0.15, -0.1) is 0 Å². The fourth-order valence-corrected chi connectivity index (χ4v) is 5.45. The summed E-state index contributed by atoms with van der Waals surface area (Å²) < 4.78 is 27.9. The smallest absolute Gasteiger partial charge is 0.264 e. The normalized spacial score (nSPS) is 22.7. The van der Waals surface area contributed by atoms with Crippen molar-refractivity contribution < 1.29 is 8.42 Å². The summed E-state index contributed by atoms with van der Waals surface area (Å²) in [7, 11) is -3.51. The van der Waals surface area contributed by atoms with Crippen molar-refractivity contribution in [2.75, 3.05) is 0 Å². The largest absolute Gasteiger partial charge is 0.270 e. The van der Waals surface area contributed by atoms with E-state index in [4.69, 9.17) is 0 Å². The Balaban J connectivity index is 1.67. The molecule has 4 rings (SSSR count). The third kappa shape index (κ3) is 3.21. The van der Waals surface area contributed by atoms with E-state index in [-0.39, 0.29) is 6.04 Å². The van der Waals surface area contributed by atoms with Crippen LogP contribution in [0.2, 0.25) is 0 Å². The van der Waals surface area contributed by atoms with E-state index < -0.39 is 10.0 Å². The Bertz CT molecular complexity index is 943. The summed E-state index contributed by atoms with van der Waals surface area (Å²) in [5, 5.41) is 0. The van der Waals surface area contributed by atoms with Crippen LogP contribution in [0.1, 0.15) is 30.4 Å². The Morgan fingerprint density at radius 1 is 0.962 bits per heavy atom. The molecule has 1 saturated carbocycles. The predicted molar refractivity (Wildman–Crippen MR) is 105 cm³/mol. The van der Waals surface area contributed by atoms with Gasteiger partial charge in [0.15, 0.2) is 0 Å². The minimum Gasteiger partial charge on any atom is -0.270 e. The topological polar surface area (TPSA) is 37.4 Å². The van der Waals surface area contributed by atoms with Gasteiger partial charge in [0.25, 0.3) is 10.0 Å². The van der Waals surface area contributed by atoms with E-state index in [1.165, 1.54) is 0 Å². The van der Waals surface area contributed by atoms with Crippen LogP contribution < -0.4 is 0 Å². The number of benzene rings is 2. The highest BCUT2D eigenvalue weighted by molar-refractivity contribution is 7.89. The molecule has 0 radical (unpaired) electrons. The number of rotatable bonds is 4. The third-order valence-electron chi connectivity index (χ3n) is 5.38. The lowest BCUT2D eigenvalue weighted by Gasteiger charge is -2.31. The predicted octanol–water partition coefficient (Wildman–Crippen LogP) is 4.77. The van der Waals surface area contributed by atoms with Gasteiger partial charge in [0.2, 0.25) is 0 Å². The maximum atomic E-state index is 13.2. The van der Waals surface area contributed by atoms with Crippen molar-refractivity contribution in [2.45, 2.75) is 37.1 Å². The Hall–Kier alpha value is -2.33. The molecule has 0 saturated heterocycles. The van der Waals surface area contributed by atoms with Crippen LogP contribution in [0.25, 0.3) is 6.08 Å². The van der Waals surface area contributed by atoms with Gasteiger partial charge in [0, 0.05) is 12.2 Å². The number of fused-ring (bicyclic) bond motifs is 2.